The molecule has 2 rings (SSSR count). The molecule has 3 heteroatoms. The fraction of sp³-hybridized carbons (Fsp3) is 0.294. The van der Waals surface area contributed by atoms with E-state index in [2.05, 4.69) is 36.1 Å². The van der Waals surface area contributed by atoms with Gasteiger partial charge in [0, 0.05) is 24.8 Å². The molecule has 0 bridgehead atoms. The first-order valence-electron chi connectivity index (χ1n) is 7.05. The van der Waals surface area contributed by atoms with E-state index in [1.165, 1.54) is 5.56 Å². The Morgan fingerprint density at radius 1 is 1.05 bits per heavy atom. The molecule has 0 amide bonds. The lowest BCUT2D eigenvalue weighted by atomic mass is 10.2. The molecule has 0 aromatic heterocycles. The predicted molar refractivity (Wildman–Crippen MR) is 85.2 cm³/mol. The molecule has 2 aromatic rings. The summed E-state index contributed by atoms with van der Waals surface area (Å²) in [6.07, 6.45) is 0. The van der Waals surface area contributed by atoms with Gasteiger partial charge in [0.25, 0.3) is 0 Å². The first-order valence-corrected chi connectivity index (χ1v) is 7.05. The van der Waals surface area contributed by atoms with Crippen LogP contribution in [0.1, 0.15) is 19.4 Å². The third-order valence-corrected chi connectivity index (χ3v) is 3.26. The van der Waals surface area contributed by atoms with Gasteiger partial charge in [-0.25, -0.2) is 0 Å². The topological polar surface area (TPSA) is 38.5 Å². The van der Waals surface area contributed by atoms with Crippen LogP contribution in [0.15, 0.2) is 48.5 Å². The second-order valence-corrected chi connectivity index (χ2v) is 4.65. The van der Waals surface area contributed by atoms with Crippen LogP contribution in [0, 0.1) is 0 Å². The first-order chi connectivity index (χ1) is 9.74. The second-order valence-electron chi connectivity index (χ2n) is 4.65. The SMILES string of the molecule is CCOc1cc(N(CC)Cc2ccccc2)ccc1N. The molecule has 0 spiro atoms. The molecule has 2 aromatic carbocycles. The Kier molecular flexibility index (Phi) is 4.88. The van der Waals surface area contributed by atoms with E-state index in [0.29, 0.717) is 12.3 Å². The third kappa shape index (κ3) is 3.44. The summed E-state index contributed by atoms with van der Waals surface area (Å²) in [5, 5.41) is 0. The van der Waals surface area contributed by atoms with Crippen molar-refractivity contribution in [2.75, 3.05) is 23.8 Å². The van der Waals surface area contributed by atoms with Crippen LogP contribution >= 0.6 is 0 Å². The Labute approximate surface area is 121 Å². The number of nitrogens with zero attached hydrogens (tertiary/aromatic N) is 1. The Morgan fingerprint density at radius 3 is 2.45 bits per heavy atom. The minimum Gasteiger partial charge on any atom is -0.492 e. The quantitative estimate of drug-likeness (QED) is 0.813. The van der Waals surface area contributed by atoms with Crippen LogP contribution in [0.2, 0.25) is 0 Å². The normalized spacial score (nSPS) is 10.3. The lowest BCUT2D eigenvalue weighted by Gasteiger charge is -2.24. The maximum absolute atomic E-state index is 5.93. The minimum absolute atomic E-state index is 0.623. The molecule has 0 unspecified atom stereocenters. The molecule has 0 aliphatic heterocycles. The molecule has 3 nitrogen and oxygen atoms in total. The van der Waals surface area contributed by atoms with E-state index in [9.17, 15) is 0 Å². The Balaban J connectivity index is 2.21. The van der Waals surface area contributed by atoms with Gasteiger partial charge in [-0.2, -0.15) is 0 Å². The number of rotatable bonds is 6. The average Bonchev–Trinajstić information content (AvgIpc) is 2.48. The molecule has 106 valence electrons. The van der Waals surface area contributed by atoms with Crippen LogP contribution in [-0.2, 0) is 6.54 Å². The number of hydrogen-bond donors (Lipinski definition) is 1. The fourth-order valence-corrected chi connectivity index (χ4v) is 2.19. The zero-order valence-corrected chi connectivity index (χ0v) is 12.2. The number of ether oxygens (including phenoxy) is 1. The molecule has 0 heterocycles. The van der Waals surface area contributed by atoms with Crippen LogP contribution in [0.5, 0.6) is 5.75 Å². The molecule has 0 aliphatic carbocycles. The Hall–Kier alpha value is -2.16. The van der Waals surface area contributed by atoms with Crippen LogP contribution in [0.3, 0.4) is 0 Å². The zero-order valence-electron chi connectivity index (χ0n) is 12.2. The molecule has 2 N–H and O–H groups in total. The van der Waals surface area contributed by atoms with Gasteiger partial charge < -0.3 is 15.4 Å². The second kappa shape index (κ2) is 6.85. The van der Waals surface area contributed by atoms with Gasteiger partial charge in [-0.3, -0.25) is 0 Å². The van der Waals surface area contributed by atoms with Crippen molar-refractivity contribution in [3.8, 4) is 5.75 Å². The summed E-state index contributed by atoms with van der Waals surface area (Å²) in [4.78, 5) is 2.30. The van der Waals surface area contributed by atoms with Crippen molar-refractivity contribution in [3.05, 3.63) is 54.1 Å². The predicted octanol–water partition coefficient (Wildman–Crippen LogP) is 3.69. The van der Waals surface area contributed by atoms with Gasteiger partial charge in [-0.05, 0) is 31.5 Å². The molecule has 0 atom stereocenters. The van der Waals surface area contributed by atoms with E-state index < -0.39 is 0 Å². The summed E-state index contributed by atoms with van der Waals surface area (Å²) < 4.78 is 5.57. The highest BCUT2D eigenvalue weighted by atomic mass is 16.5. The van der Waals surface area contributed by atoms with Crippen molar-refractivity contribution in [3.63, 3.8) is 0 Å². The number of nitrogens with two attached hydrogens (primary N) is 1. The average molecular weight is 270 g/mol. The van der Waals surface area contributed by atoms with Crippen molar-refractivity contribution in [2.45, 2.75) is 20.4 Å². The molecular formula is C17H22N2O. The number of nitrogen functional groups attached to an aromatic ring is 1. The summed E-state index contributed by atoms with van der Waals surface area (Å²) >= 11 is 0. The van der Waals surface area contributed by atoms with Crippen molar-refractivity contribution >= 4 is 11.4 Å². The summed E-state index contributed by atoms with van der Waals surface area (Å²) in [7, 11) is 0. The van der Waals surface area contributed by atoms with Crippen LogP contribution in [0.4, 0.5) is 11.4 Å². The van der Waals surface area contributed by atoms with E-state index in [-0.39, 0.29) is 0 Å². The van der Waals surface area contributed by atoms with Gasteiger partial charge >= 0.3 is 0 Å². The minimum atomic E-state index is 0.623. The highest BCUT2D eigenvalue weighted by Gasteiger charge is 2.08. The fourth-order valence-electron chi connectivity index (χ4n) is 2.19. The van der Waals surface area contributed by atoms with Gasteiger partial charge in [0.05, 0.1) is 12.3 Å². The molecule has 0 fully saturated rings. The van der Waals surface area contributed by atoms with E-state index in [0.717, 1.165) is 24.5 Å². The molecule has 0 aliphatic rings. The Bertz CT molecular complexity index is 540. The van der Waals surface area contributed by atoms with Gasteiger partial charge in [-0.15, -0.1) is 0 Å². The highest BCUT2D eigenvalue weighted by Crippen LogP contribution is 2.28. The van der Waals surface area contributed by atoms with Gasteiger partial charge in [0.2, 0.25) is 0 Å². The summed E-state index contributed by atoms with van der Waals surface area (Å²) in [5.74, 6) is 0.761. The number of hydrogen-bond acceptors (Lipinski definition) is 3. The van der Waals surface area contributed by atoms with E-state index in [1.807, 2.05) is 31.2 Å². The van der Waals surface area contributed by atoms with Crippen molar-refractivity contribution in [2.24, 2.45) is 0 Å². The zero-order chi connectivity index (χ0) is 14.4. The van der Waals surface area contributed by atoms with Gasteiger partial charge in [0.15, 0.2) is 0 Å². The summed E-state index contributed by atoms with van der Waals surface area (Å²) in [6.45, 7) is 6.56. The monoisotopic (exact) mass is 270 g/mol. The van der Waals surface area contributed by atoms with Gasteiger partial charge in [0.1, 0.15) is 5.75 Å². The highest BCUT2D eigenvalue weighted by molar-refractivity contribution is 5.62. The van der Waals surface area contributed by atoms with Gasteiger partial charge in [-0.1, -0.05) is 30.3 Å². The van der Waals surface area contributed by atoms with E-state index >= 15 is 0 Å². The first kappa shape index (κ1) is 14.3. The Morgan fingerprint density at radius 2 is 1.80 bits per heavy atom. The summed E-state index contributed by atoms with van der Waals surface area (Å²) in [6, 6.07) is 16.4. The van der Waals surface area contributed by atoms with Crippen molar-refractivity contribution in [1.82, 2.24) is 0 Å². The molecule has 20 heavy (non-hydrogen) atoms. The van der Waals surface area contributed by atoms with Crippen LogP contribution in [-0.4, -0.2) is 13.2 Å². The van der Waals surface area contributed by atoms with Crippen LogP contribution < -0.4 is 15.4 Å². The molecule has 0 radical (unpaired) electrons. The van der Waals surface area contributed by atoms with Crippen molar-refractivity contribution in [1.29, 1.82) is 0 Å². The smallest absolute Gasteiger partial charge is 0.144 e. The lowest BCUT2D eigenvalue weighted by molar-refractivity contribution is 0.342. The summed E-state index contributed by atoms with van der Waals surface area (Å²) in [5.41, 5.74) is 9.04. The lowest BCUT2D eigenvalue weighted by Crippen LogP contribution is -2.22. The molecular weight excluding hydrogens is 248 g/mol. The van der Waals surface area contributed by atoms with Crippen molar-refractivity contribution < 1.29 is 4.74 Å². The number of benzene rings is 2. The number of anilines is 2. The maximum Gasteiger partial charge on any atom is 0.144 e. The van der Waals surface area contributed by atoms with Crippen LogP contribution in [0.25, 0.3) is 0 Å². The standard InChI is InChI=1S/C17H22N2O/c1-3-19(13-14-8-6-5-7-9-14)15-10-11-16(18)17(12-15)20-4-2/h5-12H,3-4,13,18H2,1-2H3. The molecule has 0 saturated heterocycles. The molecule has 0 saturated carbocycles. The van der Waals surface area contributed by atoms with E-state index in [1.54, 1.807) is 0 Å². The third-order valence-electron chi connectivity index (χ3n) is 3.26. The largest absolute Gasteiger partial charge is 0.492 e. The maximum atomic E-state index is 5.93. The van der Waals surface area contributed by atoms with E-state index in [4.69, 9.17) is 10.5 Å².